The third-order valence-corrected chi connectivity index (χ3v) is 3.36. The van der Waals surface area contributed by atoms with E-state index in [2.05, 4.69) is 15.0 Å². The number of aromatic nitrogens is 3. The first-order valence-corrected chi connectivity index (χ1v) is 6.71. The van der Waals surface area contributed by atoms with Gasteiger partial charge in [-0.1, -0.05) is 6.07 Å². The van der Waals surface area contributed by atoms with Gasteiger partial charge >= 0.3 is 0 Å². The van der Waals surface area contributed by atoms with Crippen molar-refractivity contribution in [3.8, 4) is 22.8 Å². The second kappa shape index (κ2) is 5.40. The van der Waals surface area contributed by atoms with Gasteiger partial charge in [0.05, 0.1) is 17.5 Å². The van der Waals surface area contributed by atoms with Crippen LogP contribution in [0.1, 0.15) is 21.6 Å². The van der Waals surface area contributed by atoms with Gasteiger partial charge in [0.25, 0.3) is 0 Å². The van der Waals surface area contributed by atoms with Gasteiger partial charge in [-0.25, -0.2) is 9.97 Å². The number of amides is 1. The Morgan fingerprint density at radius 3 is 2.68 bits per heavy atom. The number of oxazole rings is 1. The summed E-state index contributed by atoms with van der Waals surface area (Å²) in [5, 5.41) is 0. The van der Waals surface area contributed by atoms with Crippen LogP contribution in [0, 0.1) is 13.8 Å². The van der Waals surface area contributed by atoms with E-state index in [1.807, 2.05) is 26.0 Å². The lowest BCUT2D eigenvalue weighted by molar-refractivity contribution is 0.100. The first-order chi connectivity index (χ1) is 10.6. The molecule has 110 valence electrons. The molecule has 0 aromatic carbocycles. The van der Waals surface area contributed by atoms with Crippen molar-refractivity contribution in [2.24, 2.45) is 5.73 Å². The molecule has 0 aliphatic heterocycles. The Bertz CT molecular complexity index is 841. The summed E-state index contributed by atoms with van der Waals surface area (Å²) in [6.07, 6.45) is 4.65. The molecule has 0 atom stereocenters. The quantitative estimate of drug-likeness (QED) is 0.800. The summed E-state index contributed by atoms with van der Waals surface area (Å²) >= 11 is 0. The highest BCUT2D eigenvalue weighted by Gasteiger charge is 2.19. The number of hydrogen-bond donors (Lipinski definition) is 1. The monoisotopic (exact) mass is 294 g/mol. The Morgan fingerprint density at radius 1 is 1.23 bits per heavy atom. The topological polar surface area (TPSA) is 94.9 Å². The molecular formula is C16H14N4O2. The number of nitrogens with two attached hydrogens (primary N) is 1. The van der Waals surface area contributed by atoms with Crippen LogP contribution in [0.2, 0.25) is 0 Å². The average Bonchev–Trinajstić information content (AvgIpc) is 3.01. The molecule has 3 aromatic rings. The third kappa shape index (κ3) is 2.35. The first-order valence-electron chi connectivity index (χ1n) is 6.71. The summed E-state index contributed by atoms with van der Waals surface area (Å²) in [7, 11) is 0. The van der Waals surface area contributed by atoms with E-state index in [1.54, 1.807) is 12.3 Å². The van der Waals surface area contributed by atoms with E-state index in [9.17, 15) is 4.79 Å². The maximum absolute atomic E-state index is 11.9. The molecule has 0 aliphatic carbocycles. The molecule has 0 fully saturated rings. The number of hydrogen-bond acceptors (Lipinski definition) is 5. The molecule has 0 aliphatic rings. The molecular weight excluding hydrogens is 280 g/mol. The van der Waals surface area contributed by atoms with Crippen LogP contribution in [-0.4, -0.2) is 20.9 Å². The molecule has 0 spiro atoms. The molecule has 0 bridgehead atoms. The normalized spacial score (nSPS) is 10.6. The minimum atomic E-state index is -0.543. The maximum atomic E-state index is 11.9. The fourth-order valence-electron chi connectivity index (χ4n) is 2.37. The number of carbonyl (C=O) groups is 1. The van der Waals surface area contributed by atoms with Crippen LogP contribution in [0.3, 0.4) is 0 Å². The number of rotatable bonds is 3. The van der Waals surface area contributed by atoms with E-state index in [0.717, 1.165) is 5.56 Å². The lowest BCUT2D eigenvalue weighted by Gasteiger charge is -2.12. The summed E-state index contributed by atoms with van der Waals surface area (Å²) in [6.45, 7) is 3.73. The number of carbonyl (C=O) groups excluding carboxylic acids is 1. The zero-order valence-corrected chi connectivity index (χ0v) is 12.2. The smallest absolute Gasteiger partial charge is 0.249 e. The molecule has 3 rings (SSSR count). The average molecular weight is 294 g/mol. The maximum Gasteiger partial charge on any atom is 0.249 e. The van der Waals surface area contributed by atoms with Gasteiger partial charge in [-0.05, 0) is 31.5 Å². The van der Waals surface area contributed by atoms with E-state index >= 15 is 0 Å². The predicted molar refractivity (Wildman–Crippen MR) is 81.0 cm³/mol. The van der Waals surface area contributed by atoms with Crippen LogP contribution in [0.5, 0.6) is 0 Å². The standard InChI is InChI=1S/C16H14N4O2/c1-9-4-3-5-18-14(9)13-10(2)20-12(8-11(13)15(17)21)16-19-6-7-22-16/h3-8H,1-2H3,(H2,17,21). The van der Waals surface area contributed by atoms with E-state index in [-0.39, 0.29) is 0 Å². The van der Waals surface area contributed by atoms with Gasteiger partial charge in [0.1, 0.15) is 12.0 Å². The van der Waals surface area contributed by atoms with Crippen molar-refractivity contribution in [1.29, 1.82) is 0 Å². The van der Waals surface area contributed by atoms with Gasteiger partial charge in [0.2, 0.25) is 11.8 Å². The van der Waals surface area contributed by atoms with Crippen LogP contribution in [-0.2, 0) is 0 Å². The van der Waals surface area contributed by atoms with Crippen molar-refractivity contribution in [3.63, 3.8) is 0 Å². The van der Waals surface area contributed by atoms with Crippen LogP contribution < -0.4 is 5.73 Å². The van der Waals surface area contributed by atoms with Crippen molar-refractivity contribution in [3.05, 3.63) is 53.7 Å². The molecule has 3 aromatic heterocycles. The Balaban J connectivity index is 2.27. The van der Waals surface area contributed by atoms with E-state index < -0.39 is 5.91 Å². The van der Waals surface area contributed by atoms with Gasteiger partial charge in [0, 0.05) is 17.5 Å². The van der Waals surface area contributed by atoms with E-state index in [1.165, 1.54) is 12.5 Å². The summed E-state index contributed by atoms with van der Waals surface area (Å²) in [5.74, 6) is -0.201. The fraction of sp³-hybridized carbons (Fsp3) is 0.125. The lowest BCUT2D eigenvalue weighted by Crippen LogP contribution is -2.15. The number of aryl methyl sites for hydroxylation is 2. The Hall–Kier alpha value is -3.02. The van der Waals surface area contributed by atoms with E-state index in [4.69, 9.17) is 10.2 Å². The highest BCUT2D eigenvalue weighted by Crippen LogP contribution is 2.30. The van der Waals surface area contributed by atoms with Crippen molar-refractivity contribution in [1.82, 2.24) is 15.0 Å². The Morgan fingerprint density at radius 2 is 2.05 bits per heavy atom. The molecule has 22 heavy (non-hydrogen) atoms. The minimum Gasteiger partial charge on any atom is -0.443 e. The van der Waals surface area contributed by atoms with Gasteiger partial charge < -0.3 is 10.2 Å². The van der Waals surface area contributed by atoms with Gasteiger partial charge in [-0.3, -0.25) is 9.78 Å². The molecule has 0 saturated carbocycles. The SMILES string of the molecule is Cc1cccnc1-c1c(C(N)=O)cc(-c2ncco2)nc1C. The minimum absolute atomic E-state index is 0.342. The van der Waals surface area contributed by atoms with Crippen LogP contribution >= 0.6 is 0 Å². The molecule has 0 unspecified atom stereocenters. The summed E-state index contributed by atoms with van der Waals surface area (Å²) in [5.41, 5.74) is 9.29. The van der Waals surface area contributed by atoms with Crippen LogP contribution in [0.4, 0.5) is 0 Å². The second-order valence-corrected chi connectivity index (χ2v) is 4.89. The molecule has 0 saturated heterocycles. The van der Waals surface area contributed by atoms with Crippen LogP contribution in [0.25, 0.3) is 22.8 Å². The summed E-state index contributed by atoms with van der Waals surface area (Å²) < 4.78 is 5.24. The zero-order chi connectivity index (χ0) is 15.7. The van der Waals surface area contributed by atoms with Gasteiger partial charge in [-0.15, -0.1) is 0 Å². The molecule has 1 amide bonds. The number of nitrogens with zero attached hydrogens (tertiary/aromatic N) is 3. The van der Waals surface area contributed by atoms with Crippen molar-refractivity contribution in [2.45, 2.75) is 13.8 Å². The largest absolute Gasteiger partial charge is 0.443 e. The molecule has 2 N–H and O–H groups in total. The van der Waals surface area contributed by atoms with Crippen molar-refractivity contribution >= 4 is 5.91 Å². The highest BCUT2D eigenvalue weighted by atomic mass is 16.3. The summed E-state index contributed by atoms with van der Waals surface area (Å²) in [6, 6.07) is 5.35. The second-order valence-electron chi connectivity index (χ2n) is 4.89. The number of pyridine rings is 2. The Kier molecular flexibility index (Phi) is 3.42. The third-order valence-electron chi connectivity index (χ3n) is 3.36. The van der Waals surface area contributed by atoms with Gasteiger partial charge in [-0.2, -0.15) is 0 Å². The lowest BCUT2D eigenvalue weighted by atomic mass is 9.98. The first kappa shape index (κ1) is 13.9. The van der Waals surface area contributed by atoms with Gasteiger partial charge in [0.15, 0.2) is 0 Å². The van der Waals surface area contributed by atoms with E-state index in [0.29, 0.717) is 34.1 Å². The predicted octanol–water partition coefficient (Wildman–Crippen LogP) is 2.51. The molecule has 0 radical (unpaired) electrons. The molecule has 3 heterocycles. The summed E-state index contributed by atoms with van der Waals surface area (Å²) in [4.78, 5) is 24.8. The van der Waals surface area contributed by atoms with Crippen molar-refractivity contribution < 1.29 is 9.21 Å². The molecule has 6 heteroatoms. The van der Waals surface area contributed by atoms with Crippen molar-refractivity contribution in [2.75, 3.05) is 0 Å². The zero-order valence-electron chi connectivity index (χ0n) is 12.2. The number of primary amides is 1. The molecule has 6 nitrogen and oxygen atoms in total. The van der Waals surface area contributed by atoms with Crippen LogP contribution in [0.15, 0.2) is 41.3 Å². The highest BCUT2D eigenvalue weighted by molar-refractivity contribution is 6.01. The fourth-order valence-corrected chi connectivity index (χ4v) is 2.37. The Labute approximate surface area is 127 Å².